The summed E-state index contributed by atoms with van der Waals surface area (Å²) < 4.78 is 5.41. The van der Waals surface area contributed by atoms with Crippen LogP contribution in [0.4, 0.5) is 0 Å². The lowest BCUT2D eigenvalue weighted by Gasteiger charge is -2.08. The number of ether oxygens (including phenoxy) is 1. The van der Waals surface area contributed by atoms with Gasteiger partial charge < -0.3 is 4.74 Å². The Hall–Kier alpha value is -3.01. The quantitative estimate of drug-likeness (QED) is 0.542. The topological polar surface area (TPSA) is 52.1 Å². The fraction of sp³-hybridized carbons (Fsp3) is 0.105. The highest BCUT2D eigenvalue weighted by Gasteiger charge is 2.12. The average Bonchev–Trinajstić information content (AvgIpc) is 2.58. The standard InChI is InChI=1S/C19H16N2O2/c1-13-8-9-17(14(2)10-13)23-19(22)16-11-20-18(21-12-16)15-6-4-3-5-7-15/h3-12H,1-2H3. The molecule has 0 spiro atoms. The molecule has 23 heavy (non-hydrogen) atoms. The minimum absolute atomic E-state index is 0.324. The van der Waals surface area contributed by atoms with Gasteiger partial charge in [-0.3, -0.25) is 0 Å². The van der Waals surface area contributed by atoms with Crippen molar-refractivity contribution >= 4 is 5.97 Å². The van der Waals surface area contributed by atoms with Gasteiger partial charge in [-0.2, -0.15) is 0 Å². The van der Waals surface area contributed by atoms with Gasteiger partial charge in [0.15, 0.2) is 5.82 Å². The van der Waals surface area contributed by atoms with E-state index in [0.29, 0.717) is 17.1 Å². The van der Waals surface area contributed by atoms with E-state index in [1.165, 1.54) is 12.4 Å². The Balaban J connectivity index is 1.78. The first kappa shape index (κ1) is 14.9. The van der Waals surface area contributed by atoms with E-state index in [1.54, 1.807) is 6.07 Å². The summed E-state index contributed by atoms with van der Waals surface area (Å²) in [6.45, 7) is 3.90. The van der Waals surface area contributed by atoms with Crippen LogP contribution in [0.1, 0.15) is 21.5 Å². The van der Waals surface area contributed by atoms with Crippen molar-refractivity contribution in [2.45, 2.75) is 13.8 Å². The first-order chi connectivity index (χ1) is 11.1. The van der Waals surface area contributed by atoms with Gasteiger partial charge in [0.2, 0.25) is 0 Å². The molecule has 0 atom stereocenters. The van der Waals surface area contributed by atoms with Crippen LogP contribution < -0.4 is 4.74 Å². The Labute approximate surface area is 134 Å². The predicted molar refractivity (Wildman–Crippen MR) is 88.3 cm³/mol. The van der Waals surface area contributed by atoms with Crippen molar-refractivity contribution in [3.05, 3.63) is 77.6 Å². The Morgan fingerprint density at radius 3 is 2.30 bits per heavy atom. The van der Waals surface area contributed by atoms with Gasteiger partial charge in [0, 0.05) is 18.0 Å². The molecular weight excluding hydrogens is 288 g/mol. The third-order valence-corrected chi connectivity index (χ3v) is 3.45. The van der Waals surface area contributed by atoms with Crippen LogP contribution in [0.2, 0.25) is 0 Å². The highest BCUT2D eigenvalue weighted by atomic mass is 16.5. The first-order valence-electron chi connectivity index (χ1n) is 7.30. The van der Waals surface area contributed by atoms with Crippen LogP contribution in [-0.4, -0.2) is 15.9 Å². The highest BCUT2D eigenvalue weighted by molar-refractivity contribution is 5.90. The number of aryl methyl sites for hydroxylation is 2. The zero-order chi connectivity index (χ0) is 16.2. The van der Waals surface area contributed by atoms with Crippen molar-refractivity contribution in [1.29, 1.82) is 0 Å². The Bertz CT molecular complexity index is 828. The van der Waals surface area contributed by atoms with Gasteiger partial charge in [-0.1, -0.05) is 48.0 Å². The molecular formula is C19H16N2O2. The van der Waals surface area contributed by atoms with Crippen molar-refractivity contribution in [3.63, 3.8) is 0 Å². The molecule has 0 aliphatic heterocycles. The molecule has 2 aromatic carbocycles. The number of carbonyl (C=O) groups is 1. The number of nitrogens with zero attached hydrogens (tertiary/aromatic N) is 2. The van der Waals surface area contributed by atoms with Gasteiger partial charge in [-0.15, -0.1) is 0 Å². The highest BCUT2D eigenvalue weighted by Crippen LogP contribution is 2.20. The van der Waals surface area contributed by atoms with Crippen LogP contribution in [-0.2, 0) is 0 Å². The molecule has 4 nitrogen and oxygen atoms in total. The average molecular weight is 304 g/mol. The van der Waals surface area contributed by atoms with E-state index in [1.807, 2.05) is 56.3 Å². The van der Waals surface area contributed by atoms with Gasteiger partial charge in [0.25, 0.3) is 0 Å². The lowest BCUT2D eigenvalue weighted by molar-refractivity contribution is 0.0732. The fourth-order valence-corrected chi connectivity index (χ4v) is 2.24. The lowest BCUT2D eigenvalue weighted by atomic mass is 10.1. The molecule has 1 heterocycles. The maximum atomic E-state index is 12.2. The first-order valence-corrected chi connectivity index (χ1v) is 7.30. The van der Waals surface area contributed by atoms with E-state index < -0.39 is 5.97 Å². The van der Waals surface area contributed by atoms with E-state index in [4.69, 9.17) is 4.74 Å². The van der Waals surface area contributed by atoms with Gasteiger partial charge >= 0.3 is 5.97 Å². The van der Waals surface area contributed by atoms with Crippen LogP contribution in [0.15, 0.2) is 60.9 Å². The largest absolute Gasteiger partial charge is 0.423 e. The van der Waals surface area contributed by atoms with Crippen molar-refractivity contribution in [2.75, 3.05) is 0 Å². The summed E-state index contributed by atoms with van der Waals surface area (Å²) >= 11 is 0. The molecule has 3 aromatic rings. The number of esters is 1. The second-order valence-electron chi connectivity index (χ2n) is 5.32. The zero-order valence-electron chi connectivity index (χ0n) is 13.0. The third-order valence-electron chi connectivity index (χ3n) is 3.45. The van der Waals surface area contributed by atoms with Crippen LogP contribution in [0.3, 0.4) is 0 Å². The maximum absolute atomic E-state index is 12.2. The van der Waals surface area contributed by atoms with E-state index in [-0.39, 0.29) is 0 Å². The van der Waals surface area contributed by atoms with Crippen LogP contribution >= 0.6 is 0 Å². The van der Waals surface area contributed by atoms with Gasteiger partial charge in [-0.05, 0) is 25.5 Å². The van der Waals surface area contributed by atoms with E-state index in [0.717, 1.165) is 16.7 Å². The predicted octanol–water partition coefficient (Wildman–Crippen LogP) is 3.98. The number of aromatic nitrogens is 2. The Morgan fingerprint density at radius 1 is 0.957 bits per heavy atom. The molecule has 0 aliphatic rings. The van der Waals surface area contributed by atoms with Crippen LogP contribution in [0.5, 0.6) is 5.75 Å². The maximum Gasteiger partial charge on any atom is 0.346 e. The molecule has 0 saturated heterocycles. The molecule has 0 fully saturated rings. The summed E-state index contributed by atoms with van der Waals surface area (Å²) in [5.74, 6) is 0.665. The van der Waals surface area contributed by atoms with E-state index in [9.17, 15) is 4.79 Å². The molecule has 0 bridgehead atoms. The van der Waals surface area contributed by atoms with Crippen LogP contribution in [0, 0.1) is 13.8 Å². The third kappa shape index (κ3) is 3.43. The molecule has 3 rings (SSSR count). The fourth-order valence-electron chi connectivity index (χ4n) is 2.24. The zero-order valence-corrected chi connectivity index (χ0v) is 13.0. The Morgan fingerprint density at radius 2 is 1.65 bits per heavy atom. The molecule has 0 N–H and O–H groups in total. The summed E-state index contributed by atoms with van der Waals surface area (Å²) in [6.07, 6.45) is 2.97. The number of hydrogen-bond acceptors (Lipinski definition) is 4. The molecule has 0 radical (unpaired) electrons. The minimum atomic E-state index is -0.462. The molecule has 4 heteroatoms. The Kier molecular flexibility index (Phi) is 4.15. The summed E-state index contributed by atoms with van der Waals surface area (Å²) in [5, 5.41) is 0. The molecule has 114 valence electrons. The number of carbonyl (C=O) groups excluding carboxylic acids is 1. The lowest BCUT2D eigenvalue weighted by Crippen LogP contribution is -2.10. The summed E-state index contributed by atoms with van der Waals surface area (Å²) in [7, 11) is 0. The second-order valence-corrected chi connectivity index (χ2v) is 5.32. The summed E-state index contributed by atoms with van der Waals surface area (Å²) in [6, 6.07) is 15.3. The second kappa shape index (κ2) is 6.40. The molecule has 1 aromatic heterocycles. The van der Waals surface area contributed by atoms with Crippen molar-refractivity contribution in [2.24, 2.45) is 0 Å². The smallest absolute Gasteiger partial charge is 0.346 e. The summed E-state index contributed by atoms with van der Waals surface area (Å²) in [5.41, 5.74) is 3.27. The molecule has 0 amide bonds. The van der Waals surface area contributed by atoms with Gasteiger partial charge in [0.05, 0.1) is 5.56 Å². The normalized spacial score (nSPS) is 10.3. The van der Waals surface area contributed by atoms with Crippen LogP contribution in [0.25, 0.3) is 11.4 Å². The molecule has 0 saturated carbocycles. The van der Waals surface area contributed by atoms with Crippen molar-refractivity contribution in [3.8, 4) is 17.1 Å². The molecule has 0 aliphatic carbocycles. The van der Waals surface area contributed by atoms with Crippen molar-refractivity contribution in [1.82, 2.24) is 9.97 Å². The summed E-state index contributed by atoms with van der Waals surface area (Å²) in [4.78, 5) is 20.7. The number of hydrogen-bond donors (Lipinski definition) is 0. The van der Waals surface area contributed by atoms with Gasteiger partial charge in [-0.25, -0.2) is 14.8 Å². The van der Waals surface area contributed by atoms with E-state index >= 15 is 0 Å². The van der Waals surface area contributed by atoms with Gasteiger partial charge in [0.1, 0.15) is 5.75 Å². The SMILES string of the molecule is Cc1ccc(OC(=O)c2cnc(-c3ccccc3)nc2)c(C)c1. The van der Waals surface area contributed by atoms with Crippen molar-refractivity contribution < 1.29 is 9.53 Å². The number of rotatable bonds is 3. The molecule has 0 unspecified atom stereocenters. The number of benzene rings is 2. The monoisotopic (exact) mass is 304 g/mol. The van der Waals surface area contributed by atoms with E-state index in [2.05, 4.69) is 9.97 Å². The minimum Gasteiger partial charge on any atom is -0.423 e.